The Morgan fingerprint density at radius 3 is 2.44 bits per heavy atom. The molecule has 9 nitrogen and oxygen atoms in total. The number of benzene rings is 1. The topological polar surface area (TPSA) is 92.7 Å². The third-order valence-corrected chi connectivity index (χ3v) is 8.28. The molecule has 3 aromatic rings. The molecule has 0 radical (unpaired) electrons. The zero-order valence-electron chi connectivity index (χ0n) is 27.4. The second kappa shape index (κ2) is 12.4. The lowest BCUT2D eigenvalue weighted by Gasteiger charge is -2.46. The molecule has 5 rings (SSSR count). The van der Waals surface area contributed by atoms with Crippen LogP contribution in [0.1, 0.15) is 79.7 Å². The van der Waals surface area contributed by atoms with Crippen molar-refractivity contribution in [2.24, 2.45) is 5.41 Å². The number of fused-ring (bicyclic) bond motifs is 1. The van der Waals surface area contributed by atoms with E-state index < -0.39 is 17.2 Å². The molecule has 2 aromatic heterocycles. The number of likely N-dealkylation sites (tertiary alicyclic amines) is 1. The second-order valence-electron chi connectivity index (χ2n) is 14.2. The first-order chi connectivity index (χ1) is 21.1. The number of pyridine rings is 1. The number of nitrogens with one attached hydrogen (secondary N) is 1. The van der Waals surface area contributed by atoms with Gasteiger partial charge in [0.2, 0.25) is 5.95 Å². The Morgan fingerprint density at radius 1 is 1.04 bits per heavy atom. The highest BCUT2D eigenvalue weighted by Gasteiger charge is 2.40. The van der Waals surface area contributed by atoms with E-state index in [1.807, 2.05) is 62.7 Å². The first-order valence-corrected chi connectivity index (χ1v) is 15.6. The highest BCUT2D eigenvalue weighted by molar-refractivity contribution is 5.73. The van der Waals surface area contributed by atoms with Gasteiger partial charge in [-0.3, -0.25) is 0 Å². The number of carbonyl (C=O) groups excluding carboxylic acids is 1. The number of nitrogens with zero attached hydrogens (tertiary/aromatic N) is 5. The number of hydrogen-bond donors (Lipinski definition) is 1. The quantitative estimate of drug-likeness (QED) is 0.310. The number of rotatable bonds is 5. The zero-order chi connectivity index (χ0) is 32.7. The van der Waals surface area contributed by atoms with Gasteiger partial charge in [0.05, 0.1) is 18.4 Å². The van der Waals surface area contributed by atoms with Gasteiger partial charge < -0.3 is 24.6 Å². The lowest BCUT2D eigenvalue weighted by atomic mass is 9.75. The molecule has 0 spiro atoms. The summed E-state index contributed by atoms with van der Waals surface area (Å²) in [6.07, 6.45) is 4.19. The largest absolute Gasteiger partial charge is 0.486 e. The summed E-state index contributed by atoms with van der Waals surface area (Å²) in [4.78, 5) is 30.0. The Labute approximate surface area is 264 Å². The SMILES string of the molecule is CC(C)N1CCOc2c(F)cc(-c3nc(Nc4ccc(C5CCN(C(=O)OC(C)(C)C)C(C(C)(C)C)C5)cn4)ncc3F)cc21. The van der Waals surface area contributed by atoms with Crippen LogP contribution in [-0.2, 0) is 4.74 Å². The summed E-state index contributed by atoms with van der Waals surface area (Å²) in [5.41, 5.74) is 1.22. The lowest BCUT2D eigenvalue weighted by molar-refractivity contribution is -0.0101. The molecule has 11 heteroatoms. The summed E-state index contributed by atoms with van der Waals surface area (Å²) >= 11 is 0. The molecule has 242 valence electrons. The van der Waals surface area contributed by atoms with Gasteiger partial charge in [0.15, 0.2) is 17.4 Å². The van der Waals surface area contributed by atoms with Gasteiger partial charge in [-0.25, -0.2) is 28.5 Å². The summed E-state index contributed by atoms with van der Waals surface area (Å²) in [7, 11) is 0. The fourth-order valence-electron chi connectivity index (χ4n) is 6.07. The van der Waals surface area contributed by atoms with Gasteiger partial charge in [0.25, 0.3) is 0 Å². The van der Waals surface area contributed by atoms with Crippen molar-refractivity contribution in [3.8, 4) is 17.0 Å². The number of carbonyl (C=O) groups is 1. The molecule has 1 amide bonds. The van der Waals surface area contributed by atoms with Crippen LogP contribution >= 0.6 is 0 Å². The van der Waals surface area contributed by atoms with E-state index in [4.69, 9.17) is 9.47 Å². The van der Waals surface area contributed by atoms with Gasteiger partial charge in [-0.15, -0.1) is 0 Å². The van der Waals surface area contributed by atoms with Crippen LogP contribution in [0.15, 0.2) is 36.7 Å². The van der Waals surface area contributed by atoms with E-state index in [9.17, 15) is 9.18 Å². The van der Waals surface area contributed by atoms with Gasteiger partial charge in [-0.1, -0.05) is 26.8 Å². The lowest BCUT2D eigenvalue weighted by Crippen LogP contribution is -2.52. The molecule has 2 atom stereocenters. The van der Waals surface area contributed by atoms with Crippen LogP contribution in [0.4, 0.5) is 31.0 Å². The number of piperidine rings is 1. The van der Waals surface area contributed by atoms with Crippen molar-refractivity contribution in [2.45, 2.75) is 91.8 Å². The van der Waals surface area contributed by atoms with Crippen molar-refractivity contribution in [1.29, 1.82) is 0 Å². The fourth-order valence-corrected chi connectivity index (χ4v) is 6.07. The predicted molar refractivity (Wildman–Crippen MR) is 171 cm³/mol. The van der Waals surface area contributed by atoms with Crippen LogP contribution in [0.25, 0.3) is 11.3 Å². The van der Waals surface area contributed by atoms with Crippen molar-refractivity contribution < 1.29 is 23.0 Å². The maximum atomic E-state index is 15.1. The van der Waals surface area contributed by atoms with Crippen LogP contribution in [-0.4, -0.2) is 63.3 Å². The predicted octanol–water partition coefficient (Wildman–Crippen LogP) is 7.70. The highest BCUT2D eigenvalue weighted by Crippen LogP contribution is 2.41. The number of anilines is 3. The number of amides is 1. The maximum Gasteiger partial charge on any atom is 0.410 e. The van der Waals surface area contributed by atoms with E-state index >= 15 is 4.39 Å². The van der Waals surface area contributed by atoms with Crippen molar-refractivity contribution in [1.82, 2.24) is 19.9 Å². The summed E-state index contributed by atoms with van der Waals surface area (Å²) in [6.45, 7) is 17.7. The first-order valence-electron chi connectivity index (χ1n) is 15.6. The van der Waals surface area contributed by atoms with Gasteiger partial charge in [0, 0.05) is 30.4 Å². The molecule has 4 heterocycles. The zero-order valence-corrected chi connectivity index (χ0v) is 27.4. The third kappa shape index (κ3) is 7.28. The molecule has 2 aliphatic rings. The summed E-state index contributed by atoms with van der Waals surface area (Å²) in [5.74, 6) is -0.215. The van der Waals surface area contributed by atoms with Crippen molar-refractivity contribution in [3.05, 3.63) is 53.9 Å². The Morgan fingerprint density at radius 2 is 1.80 bits per heavy atom. The normalized spacial score (nSPS) is 18.8. The summed E-state index contributed by atoms with van der Waals surface area (Å²) in [5, 5.41) is 3.05. The molecule has 1 N–H and O–H groups in total. The van der Waals surface area contributed by atoms with E-state index in [0.717, 1.165) is 24.6 Å². The number of ether oxygens (including phenoxy) is 2. The van der Waals surface area contributed by atoms with Gasteiger partial charge >= 0.3 is 6.09 Å². The number of aromatic nitrogens is 3. The van der Waals surface area contributed by atoms with Crippen molar-refractivity contribution >= 4 is 23.5 Å². The van der Waals surface area contributed by atoms with Crippen LogP contribution in [0.3, 0.4) is 0 Å². The molecular formula is C34H44F2N6O3. The van der Waals surface area contributed by atoms with E-state index in [2.05, 4.69) is 41.0 Å². The Hall–Kier alpha value is -4.02. The maximum absolute atomic E-state index is 15.1. The van der Waals surface area contributed by atoms with Gasteiger partial charge in [-0.05, 0) is 82.6 Å². The van der Waals surface area contributed by atoms with Crippen molar-refractivity contribution in [3.63, 3.8) is 0 Å². The Kier molecular flexibility index (Phi) is 8.92. The molecule has 2 unspecified atom stereocenters. The average Bonchev–Trinajstić information content (AvgIpc) is 2.96. The van der Waals surface area contributed by atoms with Crippen LogP contribution in [0.5, 0.6) is 5.75 Å². The molecule has 45 heavy (non-hydrogen) atoms. The Balaban J connectivity index is 1.32. The molecule has 1 fully saturated rings. The van der Waals surface area contributed by atoms with E-state index in [1.165, 1.54) is 6.07 Å². The van der Waals surface area contributed by atoms with Gasteiger partial charge in [0.1, 0.15) is 23.7 Å². The van der Waals surface area contributed by atoms with Crippen LogP contribution < -0.4 is 15.0 Å². The first kappa shape index (κ1) is 32.4. The van der Waals surface area contributed by atoms with Gasteiger partial charge in [-0.2, -0.15) is 0 Å². The van der Waals surface area contributed by atoms with E-state index in [1.54, 1.807) is 6.07 Å². The second-order valence-corrected chi connectivity index (χ2v) is 14.2. The summed E-state index contributed by atoms with van der Waals surface area (Å²) in [6, 6.07) is 6.91. The minimum absolute atomic E-state index is 0.00236. The highest BCUT2D eigenvalue weighted by atomic mass is 19.1. The molecule has 2 aliphatic heterocycles. The van der Waals surface area contributed by atoms with Crippen molar-refractivity contribution in [2.75, 3.05) is 29.9 Å². The summed E-state index contributed by atoms with van der Waals surface area (Å²) < 4.78 is 41.3. The molecule has 0 saturated carbocycles. The standard InChI is InChI=1S/C34H44F2N6O3/c1-20(2)41-13-14-44-30-24(35)15-23(16-26(30)41)29-25(36)19-38-31(40-29)39-28-10-9-22(18-37-28)21-11-12-42(27(17-21)33(3,4)5)32(43)45-34(6,7)8/h9-10,15-16,18-21,27H,11-14,17H2,1-8H3,(H,37,38,39,40). The average molecular weight is 623 g/mol. The molecule has 0 aliphatic carbocycles. The molecule has 1 saturated heterocycles. The fraction of sp³-hybridized carbons (Fsp3) is 0.529. The molecular weight excluding hydrogens is 578 g/mol. The number of halogens is 2. The smallest absolute Gasteiger partial charge is 0.410 e. The monoisotopic (exact) mass is 622 g/mol. The van der Waals surface area contributed by atoms with Crippen LogP contribution in [0, 0.1) is 17.0 Å². The molecule has 1 aromatic carbocycles. The Bertz CT molecular complexity index is 1530. The molecule has 0 bridgehead atoms. The minimum Gasteiger partial charge on any atom is -0.486 e. The van der Waals surface area contributed by atoms with Crippen LogP contribution in [0.2, 0.25) is 0 Å². The number of hydrogen-bond acceptors (Lipinski definition) is 8. The minimum atomic E-state index is -0.665. The van der Waals surface area contributed by atoms with E-state index in [0.29, 0.717) is 36.8 Å². The van der Waals surface area contributed by atoms with E-state index in [-0.39, 0.29) is 46.9 Å². The third-order valence-electron chi connectivity index (χ3n) is 8.28.